The van der Waals surface area contributed by atoms with Gasteiger partial charge in [0.05, 0.1) is 12.2 Å². The van der Waals surface area contributed by atoms with Gasteiger partial charge in [0.1, 0.15) is 0 Å². The molecule has 0 spiro atoms. The first-order valence-corrected chi connectivity index (χ1v) is 7.02. The van der Waals surface area contributed by atoms with Gasteiger partial charge in [0, 0.05) is 0 Å². The minimum atomic E-state index is -0.236. The molecule has 2 rings (SSSR count). The molecule has 0 saturated heterocycles. The number of hydrogen-bond donors (Lipinski definition) is 0. The highest BCUT2D eigenvalue weighted by Crippen LogP contribution is 2.24. The Kier molecular flexibility index (Phi) is 4.57. The van der Waals surface area contributed by atoms with Crippen LogP contribution in [0.15, 0.2) is 42.5 Å². The average molecular weight is 268 g/mol. The van der Waals surface area contributed by atoms with Crippen LogP contribution in [0.4, 0.5) is 0 Å². The Morgan fingerprint density at radius 1 is 1.00 bits per heavy atom. The fourth-order valence-corrected chi connectivity index (χ4v) is 2.22. The lowest BCUT2D eigenvalue weighted by molar-refractivity contribution is 0.0525. The molecule has 0 aliphatic heterocycles. The van der Waals surface area contributed by atoms with Crippen molar-refractivity contribution in [2.24, 2.45) is 0 Å². The van der Waals surface area contributed by atoms with E-state index in [4.69, 9.17) is 4.74 Å². The van der Waals surface area contributed by atoms with Crippen LogP contribution in [0.3, 0.4) is 0 Å². The van der Waals surface area contributed by atoms with Gasteiger partial charge < -0.3 is 4.74 Å². The molecular weight excluding hydrogens is 248 g/mol. The summed E-state index contributed by atoms with van der Waals surface area (Å²) in [5, 5.41) is 0. The molecule has 20 heavy (non-hydrogen) atoms. The predicted molar refractivity (Wildman–Crippen MR) is 81.9 cm³/mol. The van der Waals surface area contributed by atoms with E-state index in [9.17, 15) is 4.79 Å². The molecule has 2 nitrogen and oxygen atoms in total. The van der Waals surface area contributed by atoms with Crippen LogP contribution in [0.5, 0.6) is 0 Å². The van der Waals surface area contributed by atoms with Gasteiger partial charge in [0.25, 0.3) is 0 Å². The maximum atomic E-state index is 11.9. The number of carbonyl (C=O) groups excluding carboxylic acids is 1. The van der Waals surface area contributed by atoms with E-state index in [2.05, 4.69) is 44.2 Å². The van der Waals surface area contributed by atoms with Crippen LogP contribution in [0.2, 0.25) is 0 Å². The molecule has 0 unspecified atom stereocenters. The van der Waals surface area contributed by atoms with Crippen LogP contribution < -0.4 is 0 Å². The van der Waals surface area contributed by atoms with Crippen molar-refractivity contribution in [3.8, 4) is 11.1 Å². The molecule has 2 heteroatoms. The first kappa shape index (κ1) is 14.3. The highest BCUT2D eigenvalue weighted by molar-refractivity contribution is 5.92. The molecule has 0 radical (unpaired) electrons. The summed E-state index contributed by atoms with van der Waals surface area (Å²) in [6.07, 6.45) is 0.813. The lowest BCUT2D eigenvalue weighted by atomic mass is 9.97. The number of ether oxygens (including phenoxy) is 1. The maximum Gasteiger partial charge on any atom is 0.338 e. The third-order valence-electron chi connectivity index (χ3n) is 3.37. The van der Waals surface area contributed by atoms with E-state index < -0.39 is 0 Å². The van der Waals surface area contributed by atoms with E-state index in [0.29, 0.717) is 12.2 Å². The summed E-state index contributed by atoms with van der Waals surface area (Å²) in [4.78, 5) is 11.9. The minimum absolute atomic E-state index is 0.236. The fraction of sp³-hybridized carbons (Fsp3) is 0.278. The zero-order chi connectivity index (χ0) is 14.5. The summed E-state index contributed by atoms with van der Waals surface area (Å²) < 4.78 is 5.09. The average Bonchev–Trinajstić information content (AvgIpc) is 2.47. The van der Waals surface area contributed by atoms with Crippen molar-refractivity contribution >= 4 is 5.97 Å². The van der Waals surface area contributed by atoms with Crippen molar-refractivity contribution in [3.63, 3.8) is 0 Å². The molecule has 0 saturated carbocycles. The summed E-state index contributed by atoms with van der Waals surface area (Å²) >= 11 is 0. The van der Waals surface area contributed by atoms with Gasteiger partial charge in [-0.3, -0.25) is 0 Å². The standard InChI is InChI=1S/C18H20O2/c1-4-14-12-16(15-8-6-13(3)7-9-15)10-11-17(14)18(19)20-5-2/h6-12H,4-5H2,1-3H3. The van der Waals surface area contributed by atoms with Gasteiger partial charge in [-0.1, -0.05) is 48.9 Å². The Morgan fingerprint density at radius 2 is 1.65 bits per heavy atom. The molecule has 0 aromatic heterocycles. The molecule has 2 aromatic carbocycles. The largest absolute Gasteiger partial charge is 0.462 e. The van der Waals surface area contributed by atoms with Gasteiger partial charge in [-0.15, -0.1) is 0 Å². The molecule has 104 valence electrons. The summed E-state index contributed by atoms with van der Waals surface area (Å²) in [6.45, 7) is 6.36. The Balaban J connectivity index is 2.38. The normalized spacial score (nSPS) is 10.3. The monoisotopic (exact) mass is 268 g/mol. The number of aryl methyl sites for hydroxylation is 2. The lowest BCUT2D eigenvalue weighted by Crippen LogP contribution is -2.07. The molecular formula is C18H20O2. The Bertz CT molecular complexity index is 597. The number of rotatable bonds is 4. The van der Waals surface area contributed by atoms with Gasteiger partial charge in [0.2, 0.25) is 0 Å². The van der Waals surface area contributed by atoms with Crippen molar-refractivity contribution in [2.45, 2.75) is 27.2 Å². The van der Waals surface area contributed by atoms with Crippen LogP contribution in [-0.4, -0.2) is 12.6 Å². The Hall–Kier alpha value is -2.09. The minimum Gasteiger partial charge on any atom is -0.462 e. The summed E-state index contributed by atoms with van der Waals surface area (Å²) in [7, 11) is 0. The number of benzene rings is 2. The van der Waals surface area contributed by atoms with E-state index in [0.717, 1.165) is 17.5 Å². The maximum absolute atomic E-state index is 11.9. The molecule has 0 N–H and O–H groups in total. The van der Waals surface area contributed by atoms with Crippen LogP contribution in [0.1, 0.15) is 35.3 Å². The predicted octanol–water partition coefficient (Wildman–Crippen LogP) is 4.40. The summed E-state index contributed by atoms with van der Waals surface area (Å²) in [5.74, 6) is -0.236. The van der Waals surface area contributed by atoms with Crippen LogP contribution in [-0.2, 0) is 11.2 Å². The molecule has 2 aromatic rings. The van der Waals surface area contributed by atoms with Gasteiger partial charge in [0.15, 0.2) is 0 Å². The fourth-order valence-electron chi connectivity index (χ4n) is 2.22. The second-order valence-corrected chi connectivity index (χ2v) is 4.81. The van der Waals surface area contributed by atoms with E-state index in [1.807, 2.05) is 19.1 Å². The van der Waals surface area contributed by atoms with Crippen LogP contribution in [0, 0.1) is 6.92 Å². The highest BCUT2D eigenvalue weighted by Gasteiger charge is 2.12. The van der Waals surface area contributed by atoms with Crippen molar-refractivity contribution in [3.05, 3.63) is 59.2 Å². The molecule has 0 aliphatic carbocycles. The van der Waals surface area contributed by atoms with Gasteiger partial charge in [-0.25, -0.2) is 4.79 Å². The Labute approximate surface area is 120 Å². The number of hydrogen-bond acceptors (Lipinski definition) is 2. The third kappa shape index (κ3) is 3.08. The molecule has 0 fully saturated rings. The van der Waals surface area contributed by atoms with E-state index >= 15 is 0 Å². The molecule has 0 bridgehead atoms. The zero-order valence-corrected chi connectivity index (χ0v) is 12.3. The highest BCUT2D eigenvalue weighted by atomic mass is 16.5. The van der Waals surface area contributed by atoms with E-state index in [1.54, 1.807) is 0 Å². The first-order valence-electron chi connectivity index (χ1n) is 7.02. The topological polar surface area (TPSA) is 26.3 Å². The van der Waals surface area contributed by atoms with Crippen molar-refractivity contribution < 1.29 is 9.53 Å². The van der Waals surface area contributed by atoms with Crippen molar-refractivity contribution in [1.29, 1.82) is 0 Å². The molecule has 0 aliphatic rings. The zero-order valence-electron chi connectivity index (χ0n) is 12.3. The lowest BCUT2D eigenvalue weighted by Gasteiger charge is -2.10. The number of carbonyl (C=O) groups is 1. The van der Waals surface area contributed by atoms with Crippen molar-refractivity contribution in [2.75, 3.05) is 6.61 Å². The summed E-state index contributed by atoms with van der Waals surface area (Å²) in [6, 6.07) is 14.3. The number of esters is 1. The quantitative estimate of drug-likeness (QED) is 0.768. The Morgan fingerprint density at radius 3 is 2.25 bits per heavy atom. The first-order chi connectivity index (χ1) is 9.65. The summed E-state index contributed by atoms with van der Waals surface area (Å²) in [5.41, 5.74) is 5.25. The molecule has 0 heterocycles. The van der Waals surface area contributed by atoms with E-state index in [-0.39, 0.29) is 5.97 Å². The third-order valence-corrected chi connectivity index (χ3v) is 3.37. The van der Waals surface area contributed by atoms with Crippen molar-refractivity contribution in [1.82, 2.24) is 0 Å². The molecule has 0 amide bonds. The molecule has 0 atom stereocenters. The van der Waals surface area contributed by atoms with Crippen LogP contribution in [0.25, 0.3) is 11.1 Å². The van der Waals surface area contributed by atoms with E-state index in [1.165, 1.54) is 11.1 Å². The van der Waals surface area contributed by atoms with Gasteiger partial charge in [-0.2, -0.15) is 0 Å². The van der Waals surface area contributed by atoms with Gasteiger partial charge in [-0.05, 0) is 43.0 Å². The SMILES string of the molecule is CCOC(=O)c1ccc(-c2ccc(C)cc2)cc1CC. The second-order valence-electron chi connectivity index (χ2n) is 4.81. The smallest absolute Gasteiger partial charge is 0.338 e. The van der Waals surface area contributed by atoms with Crippen LogP contribution >= 0.6 is 0 Å². The van der Waals surface area contributed by atoms with Gasteiger partial charge >= 0.3 is 5.97 Å². The second kappa shape index (κ2) is 6.38.